The lowest BCUT2D eigenvalue weighted by Gasteiger charge is -2.37. The first-order valence-corrected chi connectivity index (χ1v) is 12.7. The van der Waals surface area contributed by atoms with E-state index in [2.05, 4.69) is 43.3 Å². The lowest BCUT2D eigenvalue weighted by Crippen LogP contribution is -2.37. The Morgan fingerprint density at radius 2 is 1.76 bits per heavy atom. The Balaban J connectivity index is 1.34. The maximum atomic E-state index is 13.4. The van der Waals surface area contributed by atoms with Crippen molar-refractivity contribution in [2.24, 2.45) is 0 Å². The highest BCUT2D eigenvalue weighted by Gasteiger charge is 2.36. The molecule has 0 radical (unpaired) electrons. The Morgan fingerprint density at radius 1 is 1.03 bits per heavy atom. The van der Waals surface area contributed by atoms with Gasteiger partial charge in [0.25, 0.3) is 0 Å². The van der Waals surface area contributed by atoms with E-state index in [0.29, 0.717) is 29.6 Å². The Morgan fingerprint density at radius 3 is 2.55 bits per heavy atom. The van der Waals surface area contributed by atoms with Gasteiger partial charge in [-0.05, 0) is 71.8 Å². The van der Waals surface area contributed by atoms with Gasteiger partial charge in [0.2, 0.25) is 0 Å². The van der Waals surface area contributed by atoms with Crippen LogP contribution in [0.2, 0.25) is 0 Å². The summed E-state index contributed by atoms with van der Waals surface area (Å²) in [5.41, 5.74) is 0.475. The summed E-state index contributed by atoms with van der Waals surface area (Å²) in [6, 6.07) is 25.3. The van der Waals surface area contributed by atoms with Gasteiger partial charge in [-0.3, -0.25) is 0 Å². The minimum absolute atomic E-state index is 0.194. The highest BCUT2D eigenvalue weighted by Crippen LogP contribution is 2.41. The quantitative estimate of drug-likeness (QED) is 0.266. The monoisotopic (exact) mass is 519 g/mol. The Labute approximate surface area is 219 Å². The summed E-state index contributed by atoms with van der Waals surface area (Å²) in [4.78, 5) is 13.5. The second kappa shape index (κ2) is 10.4. The first kappa shape index (κ1) is 25.6. The van der Waals surface area contributed by atoms with Gasteiger partial charge in [0.15, 0.2) is 0 Å². The van der Waals surface area contributed by atoms with Gasteiger partial charge in [-0.25, -0.2) is 4.79 Å². The summed E-state index contributed by atoms with van der Waals surface area (Å²) in [6.07, 6.45) is -2.33. The van der Waals surface area contributed by atoms with Crippen LogP contribution in [0.25, 0.3) is 10.8 Å². The maximum Gasteiger partial charge on any atom is 0.417 e. The molecule has 4 aromatic rings. The molecule has 0 fully saturated rings. The third-order valence-corrected chi connectivity index (χ3v) is 7.20. The lowest BCUT2D eigenvalue weighted by atomic mass is 9.90. The smallest absolute Gasteiger partial charge is 0.417 e. The van der Waals surface area contributed by atoms with E-state index >= 15 is 0 Å². The molecule has 4 aromatic carbocycles. The topological polar surface area (TPSA) is 49.8 Å². The van der Waals surface area contributed by atoms with Gasteiger partial charge in [-0.1, -0.05) is 61.5 Å². The van der Waals surface area contributed by atoms with E-state index in [9.17, 15) is 23.1 Å². The molecule has 2 atom stereocenters. The maximum absolute atomic E-state index is 13.4. The van der Waals surface area contributed by atoms with E-state index < -0.39 is 23.3 Å². The Hall–Kier alpha value is -4.00. The SMILES string of the molecule is C[C@@H](CCCC1CN(c2ccc(C(F)(F)F)c(C(=O)O)c2)c2ccccc2O1)c1cccc2ccccc12. The second-order valence-corrected chi connectivity index (χ2v) is 9.75. The van der Waals surface area contributed by atoms with Crippen LogP contribution in [0, 0.1) is 0 Å². The van der Waals surface area contributed by atoms with Crippen LogP contribution in [-0.4, -0.2) is 23.7 Å². The second-order valence-electron chi connectivity index (χ2n) is 9.75. The molecular formula is C31H28F3NO3. The highest BCUT2D eigenvalue weighted by atomic mass is 19.4. The van der Waals surface area contributed by atoms with Crippen molar-refractivity contribution in [3.8, 4) is 5.75 Å². The average Bonchev–Trinajstić information content (AvgIpc) is 2.91. The van der Waals surface area contributed by atoms with E-state index in [1.54, 1.807) is 0 Å². The highest BCUT2D eigenvalue weighted by molar-refractivity contribution is 5.91. The largest absolute Gasteiger partial charge is 0.486 e. The number of hydrogen-bond acceptors (Lipinski definition) is 3. The molecular weight excluding hydrogens is 491 g/mol. The number of alkyl halides is 3. The molecule has 1 heterocycles. The molecule has 1 N–H and O–H groups in total. The molecule has 5 rings (SSSR count). The molecule has 1 unspecified atom stereocenters. The number of carboxylic acid groups (broad SMARTS) is 1. The zero-order valence-corrected chi connectivity index (χ0v) is 20.9. The van der Waals surface area contributed by atoms with Crippen LogP contribution in [0.5, 0.6) is 5.75 Å². The van der Waals surface area contributed by atoms with Crippen molar-refractivity contribution in [3.05, 3.63) is 102 Å². The predicted octanol–water partition coefficient (Wildman–Crippen LogP) is 8.43. The van der Waals surface area contributed by atoms with Crippen LogP contribution in [0.4, 0.5) is 24.5 Å². The van der Waals surface area contributed by atoms with Crippen LogP contribution in [0.1, 0.15) is 53.6 Å². The van der Waals surface area contributed by atoms with Gasteiger partial charge < -0.3 is 14.7 Å². The number of ether oxygens (including phenoxy) is 1. The molecule has 38 heavy (non-hydrogen) atoms. The Kier molecular flexibility index (Phi) is 7.02. The number of anilines is 2. The molecule has 0 amide bonds. The molecule has 1 aliphatic rings. The molecule has 196 valence electrons. The number of fused-ring (bicyclic) bond motifs is 2. The fourth-order valence-corrected chi connectivity index (χ4v) is 5.30. The van der Waals surface area contributed by atoms with Crippen LogP contribution in [0.3, 0.4) is 0 Å². The summed E-state index contributed by atoms with van der Waals surface area (Å²) in [5, 5.41) is 12.0. The number of nitrogens with zero attached hydrogens (tertiary/aromatic N) is 1. The number of benzene rings is 4. The van der Waals surface area contributed by atoms with Crippen molar-refractivity contribution in [2.75, 3.05) is 11.4 Å². The normalized spacial score (nSPS) is 16.1. The zero-order chi connectivity index (χ0) is 26.9. The lowest BCUT2D eigenvalue weighted by molar-refractivity contribution is -0.138. The molecule has 0 aliphatic carbocycles. The number of carbonyl (C=O) groups is 1. The molecule has 0 spiro atoms. The van der Waals surface area contributed by atoms with E-state index in [4.69, 9.17) is 4.74 Å². The first-order chi connectivity index (χ1) is 18.2. The van der Waals surface area contributed by atoms with Gasteiger partial charge in [0.05, 0.1) is 23.4 Å². The van der Waals surface area contributed by atoms with Gasteiger partial charge in [0.1, 0.15) is 11.9 Å². The van der Waals surface area contributed by atoms with Gasteiger partial charge in [-0.2, -0.15) is 13.2 Å². The third-order valence-electron chi connectivity index (χ3n) is 7.20. The minimum Gasteiger partial charge on any atom is -0.486 e. The number of aromatic carboxylic acids is 1. The number of carboxylic acids is 1. The summed E-state index contributed by atoms with van der Waals surface area (Å²) in [6.45, 7) is 2.63. The molecule has 7 heteroatoms. The number of para-hydroxylation sites is 2. The van der Waals surface area contributed by atoms with Crippen molar-refractivity contribution in [2.45, 2.75) is 44.4 Å². The van der Waals surface area contributed by atoms with E-state index in [1.165, 1.54) is 22.4 Å². The molecule has 0 saturated carbocycles. The zero-order valence-electron chi connectivity index (χ0n) is 20.9. The van der Waals surface area contributed by atoms with Crippen molar-refractivity contribution < 1.29 is 27.8 Å². The van der Waals surface area contributed by atoms with E-state index in [1.807, 2.05) is 35.2 Å². The summed E-state index contributed by atoms with van der Waals surface area (Å²) in [5.74, 6) is -0.636. The van der Waals surface area contributed by atoms with Crippen molar-refractivity contribution in [1.82, 2.24) is 0 Å². The van der Waals surface area contributed by atoms with Crippen molar-refractivity contribution in [1.29, 1.82) is 0 Å². The van der Waals surface area contributed by atoms with Crippen molar-refractivity contribution in [3.63, 3.8) is 0 Å². The van der Waals surface area contributed by atoms with Gasteiger partial charge >= 0.3 is 12.1 Å². The third kappa shape index (κ3) is 5.19. The van der Waals surface area contributed by atoms with Crippen LogP contribution in [0.15, 0.2) is 84.9 Å². The molecule has 0 saturated heterocycles. The Bertz CT molecular complexity index is 1460. The van der Waals surface area contributed by atoms with Gasteiger partial charge in [0, 0.05) is 5.69 Å². The van der Waals surface area contributed by atoms with Crippen LogP contribution in [-0.2, 0) is 6.18 Å². The predicted molar refractivity (Wildman–Crippen MR) is 142 cm³/mol. The average molecular weight is 520 g/mol. The first-order valence-electron chi connectivity index (χ1n) is 12.7. The van der Waals surface area contributed by atoms with E-state index in [0.717, 1.165) is 31.4 Å². The fourth-order valence-electron chi connectivity index (χ4n) is 5.30. The standard InChI is InChI=1S/C31H28F3NO3/c1-20(24-13-7-10-21-9-2-3-12-25(21)24)8-6-11-23-19-35(28-14-4-5-15-29(28)38-23)22-16-17-27(31(32,33)34)26(18-22)30(36)37/h2-5,7,9-10,12-18,20,23H,6,8,11,19H2,1H3,(H,36,37)/t20-,23?/m0/s1. The molecule has 0 aromatic heterocycles. The molecule has 4 nitrogen and oxygen atoms in total. The van der Waals surface area contributed by atoms with Crippen molar-refractivity contribution >= 4 is 28.1 Å². The number of rotatable bonds is 7. The van der Waals surface area contributed by atoms with E-state index in [-0.39, 0.29) is 6.10 Å². The minimum atomic E-state index is -4.75. The summed E-state index contributed by atoms with van der Waals surface area (Å²) in [7, 11) is 0. The van der Waals surface area contributed by atoms with Crippen LogP contribution >= 0.6 is 0 Å². The molecule has 0 bridgehead atoms. The fraction of sp³-hybridized carbons (Fsp3) is 0.258. The summed E-state index contributed by atoms with van der Waals surface area (Å²) < 4.78 is 46.5. The van der Waals surface area contributed by atoms with Crippen LogP contribution < -0.4 is 9.64 Å². The summed E-state index contributed by atoms with van der Waals surface area (Å²) >= 11 is 0. The number of hydrogen-bond donors (Lipinski definition) is 1. The molecule has 1 aliphatic heterocycles. The number of halogens is 3. The van der Waals surface area contributed by atoms with Gasteiger partial charge in [-0.15, -0.1) is 0 Å².